The maximum atomic E-state index is 12.4. The quantitative estimate of drug-likeness (QED) is 0.697. The number of carbonyl (C=O) groups excluding carboxylic acids is 1. The minimum atomic E-state index is 0.0202. The normalized spacial score (nSPS) is 29.6. The molecule has 28 heavy (non-hydrogen) atoms. The molecule has 0 aromatic carbocycles. The number of anilines is 1. The molecule has 2 bridgehead atoms. The zero-order valence-electron chi connectivity index (χ0n) is 16.6. The van der Waals surface area contributed by atoms with Gasteiger partial charge in [0.05, 0.1) is 13.2 Å². The van der Waals surface area contributed by atoms with Crippen LogP contribution in [-0.4, -0.2) is 65.3 Å². The Morgan fingerprint density at radius 3 is 2.71 bits per heavy atom. The van der Waals surface area contributed by atoms with Gasteiger partial charge in [0.25, 0.3) is 0 Å². The molecule has 1 aromatic rings. The lowest BCUT2D eigenvalue weighted by molar-refractivity contribution is -0.140. The number of rotatable bonds is 5. The average Bonchev–Trinajstić information content (AvgIpc) is 3.18. The molecule has 0 saturated carbocycles. The van der Waals surface area contributed by atoms with Gasteiger partial charge >= 0.3 is 0 Å². The highest BCUT2D eigenvalue weighted by atomic mass is 35.5. The lowest BCUT2D eigenvalue weighted by Crippen LogP contribution is -2.58. The van der Waals surface area contributed by atoms with Crippen molar-refractivity contribution < 1.29 is 14.3 Å². The Morgan fingerprint density at radius 2 is 2.07 bits per heavy atom. The summed E-state index contributed by atoms with van der Waals surface area (Å²) in [6.07, 6.45) is 6.72. The molecule has 3 aliphatic rings. The predicted molar refractivity (Wildman–Crippen MR) is 107 cm³/mol. The first-order valence-corrected chi connectivity index (χ1v) is 10.8. The molecule has 8 heteroatoms. The summed E-state index contributed by atoms with van der Waals surface area (Å²) in [5.74, 6) is 1.36. The van der Waals surface area contributed by atoms with Crippen LogP contribution in [0.5, 0.6) is 5.88 Å². The molecule has 3 aliphatic heterocycles. The van der Waals surface area contributed by atoms with Crippen LogP contribution in [0, 0.1) is 0 Å². The Hall–Kier alpha value is -1.60. The van der Waals surface area contributed by atoms with Crippen molar-refractivity contribution in [1.29, 1.82) is 0 Å². The van der Waals surface area contributed by atoms with Gasteiger partial charge in [0.15, 0.2) is 0 Å². The van der Waals surface area contributed by atoms with E-state index in [1.54, 1.807) is 6.07 Å². The van der Waals surface area contributed by atoms with Gasteiger partial charge in [-0.25, -0.2) is 4.98 Å². The van der Waals surface area contributed by atoms with Gasteiger partial charge in [0, 0.05) is 44.1 Å². The summed E-state index contributed by atoms with van der Waals surface area (Å²) in [4.78, 5) is 25.7. The van der Waals surface area contributed by atoms with E-state index < -0.39 is 0 Å². The summed E-state index contributed by atoms with van der Waals surface area (Å²) < 4.78 is 11.3. The highest BCUT2D eigenvalue weighted by molar-refractivity contribution is 6.29. The van der Waals surface area contributed by atoms with E-state index in [4.69, 9.17) is 21.1 Å². The van der Waals surface area contributed by atoms with E-state index in [0.29, 0.717) is 48.7 Å². The molecule has 1 unspecified atom stereocenters. The Morgan fingerprint density at radius 1 is 1.32 bits per heavy atom. The largest absolute Gasteiger partial charge is 0.472 e. The van der Waals surface area contributed by atoms with Crippen LogP contribution in [0.25, 0.3) is 0 Å². The maximum Gasteiger partial charge on any atom is 0.230 e. The molecular formula is C20H29ClN4O3. The molecule has 1 aromatic heterocycles. The molecule has 4 atom stereocenters. The van der Waals surface area contributed by atoms with Crippen LogP contribution in [0.3, 0.4) is 0 Å². The fraction of sp³-hybridized carbons (Fsp3) is 0.750. The van der Waals surface area contributed by atoms with E-state index in [2.05, 4.69) is 19.8 Å². The van der Waals surface area contributed by atoms with Crippen molar-refractivity contribution in [3.8, 4) is 5.88 Å². The molecule has 1 amide bonds. The number of hydrogen-bond acceptors (Lipinski definition) is 6. The third-order valence-electron chi connectivity index (χ3n) is 6.24. The first kappa shape index (κ1) is 19.7. The van der Waals surface area contributed by atoms with Gasteiger partial charge < -0.3 is 19.3 Å². The van der Waals surface area contributed by atoms with Gasteiger partial charge in [-0.1, -0.05) is 18.5 Å². The number of nitrogens with zero attached hydrogens (tertiary/aromatic N) is 4. The van der Waals surface area contributed by atoms with E-state index in [0.717, 1.165) is 32.1 Å². The summed E-state index contributed by atoms with van der Waals surface area (Å²) in [5.41, 5.74) is 0. The van der Waals surface area contributed by atoms with E-state index in [1.165, 1.54) is 6.42 Å². The van der Waals surface area contributed by atoms with Crippen molar-refractivity contribution in [2.75, 3.05) is 25.2 Å². The predicted octanol–water partition coefficient (Wildman–Crippen LogP) is 3.06. The highest BCUT2D eigenvalue weighted by Gasteiger charge is 2.41. The maximum absolute atomic E-state index is 12.4. The Balaban J connectivity index is 1.49. The Bertz CT molecular complexity index is 699. The number of ether oxygens (including phenoxy) is 2. The average molecular weight is 409 g/mol. The van der Waals surface area contributed by atoms with Crippen LogP contribution in [-0.2, 0) is 9.53 Å². The molecule has 0 aliphatic carbocycles. The van der Waals surface area contributed by atoms with Gasteiger partial charge in [-0.05, 0) is 32.1 Å². The summed E-state index contributed by atoms with van der Waals surface area (Å²) in [6, 6.07) is 2.59. The van der Waals surface area contributed by atoms with Crippen molar-refractivity contribution in [2.24, 2.45) is 0 Å². The van der Waals surface area contributed by atoms with E-state index in [1.807, 2.05) is 14.0 Å². The number of halogens is 1. The lowest BCUT2D eigenvalue weighted by atomic mass is 9.81. The molecule has 7 nitrogen and oxygen atoms in total. The van der Waals surface area contributed by atoms with Crippen molar-refractivity contribution in [1.82, 2.24) is 14.9 Å². The summed E-state index contributed by atoms with van der Waals surface area (Å²) in [5, 5.41) is 0.379. The smallest absolute Gasteiger partial charge is 0.230 e. The van der Waals surface area contributed by atoms with Crippen LogP contribution in [0.15, 0.2) is 6.07 Å². The molecule has 3 saturated heterocycles. The number of aromatic nitrogens is 2. The number of carbonyl (C=O) groups is 1. The van der Waals surface area contributed by atoms with Crippen LogP contribution in [0.2, 0.25) is 5.15 Å². The minimum absolute atomic E-state index is 0.0202. The van der Waals surface area contributed by atoms with E-state index >= 15 is 0 Å². The van der Waals surface area contributed by atoms with E-state index in [9.17, 15) is 4.79 Å². The first-order valence-electron chi connectivity index (χ1n) is 10.4. The van der Waals surface area contributed by atoms with Crippen molar-refractivity contribution >= 4 is 23.5 Å². The monoisotopic (exact) mass is 408 g/mol. The summed E-state index contributed by atoms with van der Waals surface area (Å²) in [7, 11) is 2.02. The van der Waals surface area contributed by atoms with Gasteiger partial charge in [0.2, 0.25) is 17.7 Å². The van der Waals surface area contributed by atoms with Gasteiger partial charge in [-0.15, -0.1) is 0 Å². The second-order valence-electron chi connectivity index (χ2n) is 8.06. The zero-order valence-corrected chi connectivity index (χ0v) is 17.4. The molecule has 4 rings (SSSR count). The highest BCUT2D eigenvalue weighted by Crippen LogP contribution is 2.37. The lowest BCUT2D eigenvalue weighted by Gasteiger charge is -2.50. The number of fused-ring (bicyclic) bond motifs is 2. The van der Waals surface area contributed by atoms with Crippen molar-refractivity contribution in [3.63, 3.8) is 0 Å². The molecule has 4 heterocycles. The third kappa shape index (κ3) is 4.06. The Kier molecular flexibility index (Phi) is 5.92. The van der Waals surface area contributed by atoms with Crippen LogP contribution in [0.1, 0.15) is 51.9 Å². The van der Waals surface area contributed by atoms with Gasteiger partial charge in [-0.2, -0.15) is 4.98 Å². The molecule has 0 radical (unpaired) electrons. The van der Waals surface area contributed by atoms with Gasteiger partial charge in [0.1, 0.15) is 11.3 Å². The molecule has 0 N–H and O–H groups in total. The molecule has 0 spiro atoms. The van der Waals surface area contributed by atoms with Gasteiger partial charge in [-0.3, -0.25) is 4.79 Å². The summed E-state index contributed by atoms with van der Waals surface area (Å²) in [6.45, 7) is 3.25. The van der Waals surface area contributed by atoms with Crippen LogP contribution in [0.4, 0.5) is 5.95 Å². The second-order valence-corrected chi connectivity index (χ2v) is 8.45. The second kappa shape index (κ2) is 8.41. The molecule has 154 valence electrons. The molecular weight excluding hydrogens is 380 g/mol. The first-order chi connectivity index (χ1) is 13.5. The SMILES string of the molecule is CCC(=O)N1[C@@H]2CCC[C@H]1C[C@@H](N(C)c1nc(Cl)cc(OC3CCOC3)n1)C2. The Labute approximate surface area is 171 Å². The van der Waals surface area contributed by atoms with E-state index in [-0.39, 0.29) is 18.1 Å². The molecule has 3 fully saturated rings. The van der Waals surface area contributed by atoms with Crippen molar-refractivity contribution in [3.05, 3.63) is 11.2 Å². The summed E-state index contributed by atoms with van der Waals surface area (Å²) >= 11 is 6.26. The third-order valence-corrected chi connectivity index (χ3v) is 6.43. The van der Waals surface area contributed by atoms with Crippen LogP contribution >= 0.6 is 11.6 Å². The zero-order chi connectivity index (χ0) is 19.7. The minimum Gasteiger partial charge on any atom is -0.472 e. The van der Waals surface area contributed by atoms with Crippen LogP contribution < -0.4 is 9.64 Å². The topological polar surface area (TPSA) is 67.8 Å². The number of hydrogen-bond donors (Lipinski definition) is 0. The van der Waals surface area contributed by atoms with Crippen molar-refractivity contribution in [2.45, 2.75) is 76.1 Å². The number of piperidine rings is 2. The fourth-order valence-corrected chi connectivity index (χ4v) is 4.97. The standard InChI is InChI=1S/C20H29ClN4O3/c1-3-19(26)25-13-5-4-6-14(25)10-15(9-13)24(2)20-22-17(21)11-18(23-20)28-16-7-8-27-12-16/h11,13-16H,3-10,12H2,1-2H3/t13-,14+,15+,16?. The fourth-order valence-electron chi connectivity index (χ4n) is 4.80. The number of amides is 1.